The predicted molar refractivity (Wildman–Crippen MR) is 68.4 cm³/mol. The molecule has 0 spiro atoms. The van der Waals surface area contributed by atoms with E-state index in [0.29, 0.717) is 5.56 Å². The van der Waals surface area contributed by atoms with Gasteiger partial charge in [0.1, 0.15) is 0 Å². The van der Waals surface area contributed by atoms with Crippen LogP contribution in [0.1, 0.15) is 22.9 Å². The molecular formula is C13H12N2O5. The van der Waals surface area contributed by atoms with E-state index in [1.54, 1.807) is 30.3 Å². The number of hydrogen-bond acceptors (Lipinski definition) is 5. The van der Waals surface area contributed by atoms with Crippen LogP contribution < -0.4 is 0 Å². The fourth-order valence-corrected chi connectivity index (χ4v) is 2.00. The average molecular weight is 276 g/mol. The molecule has 0 amide bonds. The molecule has 1 heterocycles. The van der Waals surface area contributed by atoms with Crippen molar-refractivity contribution in [2.24, 2.45) is 0 Å². The first kappa shape index (κ1) is 13.7. The van der Waals surface area contributed by atoms with Crippen molar-refractivity contribution >= 4 is 11.7 Å². The van der Waals surface area contributed by atoms with Gasteiger partial charge in [0, 0.05) is 6.42 Å². The Bertz CT molecular complexity index is 635. The Labute approximate surface area is 114 Å². The second-order valence-electron chi connectivity index (χ2n) is 4.30. The summed E-state index contributed by atoms with van der Waals surface area (Å²) in [4.78, 5) is 21.7. The Kier molecular flexibility index (Phi) is 3.79. The molecular weight excluding hydrogens is 264 g/mol. The van der Waals surface area contributed by atoms with Crippen LogP contribution in [-0.4, -0.2) is 21.2 Å². The summed E-state index contributed by atoms with van der Waals surface area (Å²) in [6, 6.07) is 8.52. The van der Waals surface area contributed by atoms with Crippen molar-refractivity contribution in [1.29, 1.82) is 0 Å². The van der Waals surface area contributed by atoms with Gasteiger partial charge >= 0.3 is 11.7 Å². The summed E-state index contributed by atoms with van der Waals surface area (Å²) in [5, 5.41) is 23.8. The zero-order valence-electron chi connectivity index (χ0n) is 10.6. The summed E-state index contributed by atoms with van der Waals surface area (Å²) in [5.74, 6) is -2.01. The van der Waals surface area contributed by atoms with Crippen LogP contribution >= 0.6 is 0 Å². The number of carboxylic acid groups (broad SMARTS) is 1. The van der Waals surface area contributed by atoms with Crippen molar-refractivity contribution in [2.75, 3.05) is 0 Å². The van der Waals surface area contributed by atoms with E-state index >= 15 is 0 Å². The highest BCUT2D eigenvalue weighted by Crippen LogP contribution is 2.29. The van der Waals surface area contributed by atoms with Crippen molar-refractivity contribution in [2.45, 2.75) is 19.3 Å². The number of carbonyl (C=O) groups is 1. The smallest absolute Gasteiger partial charge is 0.334 e. The first-order valence-electron chi connectivity index (χ1n) is 5.88. The minimum Gasteiger partial charge on any atom is -0.481 e. The van der Waals surface area contributed by atoms with Gasteiger partial charge in [0.05, 0.1) is 10.8 Å². The van der Waals surface area contributed by atoms with E-state index in [9.17, 15) is 20.0 Å². The first-order chi connectivity index (χ1) is 9.50. The van der Waals surface area contributed by atoms with Gasteiger partial charge in [-0.05, 0) is 12.5 Å². The number of aliphatic carboxylic acids is 1. The Morgan fingerprint density at radius 2 is 2.10 bits per heavy atom. The third-order valence-electron chi connectivity index (χ3n) is 2.97. The topological polar surface area (TPSA) is 106 Å². The molecule has 104 valence electrons. The van der Waals surface area contributed by atoms with Gasteiger partial charge in [0.15, 0.2) is 5.69 Å². The number of nitrogens with zero attached hydrogens (tertiary/aromatic N) is 2. The highest BCUT2D eigenvalue weighted by Gasteiger charge is 2.30. The molecule has 1 aromatic heterocycles. The third-order valence-corrected chi connectivity index (χ3v) is 2.97. The highest BCUT2D eigenvalue weighted by molar-refractivity contribution is 5.76. The molecule has 0 radical (unpaired) electrons. The van der Waals surface area contributed by atoms with E-state index in [2.05, 4.69) is 5.16 Å². The number of aromatic nitrogens is 1. The molecule has 7 heteroatoms. The van der Waals surface area contributed by atoms with Crippen molar-refractivity contribution in [3.63, 3.8) is 0 Å². The average Bonchev–Trinajstić information content (AvgIpc) is 2.77. The quantitative estimate of drug-likeness (QED) is 0.663. The molecule has 2 rings (SSSR count). The second kappa shape index (κ2) is 5.52. The fourth-order valence-electron chi connectivity index (χ4n) is 2.00. The lowest BCUT2D eigenvalue weighted by Gasteiger charge is -2.10. The minimum atomic E-state index is -1.07. The van der Waals surface area contributed by atoms with Crippen molar-refractivity contribution in [3.8, 4) is 0 Å². The number of carboxylic acids is 1. The molecule has 1 aromatic carbocycles. The normalized spacial score (nSPS) is 12.1. The molecule has 1 unspecified atom stereocenters. The molecule has 0 aliphatic carbocycles. The summed E-state index contributed by atoms with van der Waals surface area (Å²) in [5.41, 5.74) is 0.442. The number of hydrogen-bond donors (Lipinski definition) is 1. The van der Waals surface area contributed by atoms with Crippen molar-refractivity contribution < 1.29 is 19.3 Å². The van der Waals surface area contributed by atoms with E-state index in [1.165, 1.54) is 6.92 Å². The van der Waals surface area contributed by atoms with E-state index in [1.807, 2.05) is 0 Å². The maximum Gasteiger partial charge on any atom is 0.334 e. The predicted octanol–water partition coefficient (Wildman–Crippen LogP) is 2.30. The standard InChI is InChI=1S/C13H12N2O5/c1-8-12(15(18)19)11(20-14-8)7-10(13(16)17)9-5-3-2-4-6-9/h2-6,10H,7H2,1H3,(H,16,17). The monoisotopic (exact) mass is 276 g/mol. The lowest BCUT2D eigenvalue weighted by Crippen LogP contribution is -2.14. The summed E-state index contributed by atoms with van der Waals surface area (Å²) in [6.45, 7) is 1.45. The van der Waals surface area contributed by atoms with Crippen LogP contribution in [0.3, 0.4) is 0 Å². The zero-order valence-corrected chi connectivity index (χ0v) is 10.6. The third kappa shape index (κ3) is 2.66. The Balaban J connectivity index is 2.35. The molecule has 0 saturated heterocycles. The molecule has 0 aliphatic rings. The lowest BCUT2D eigenvalue weighted by molar-refractivity contribution is -0.386. The lowest BCUT2D eigenvalue weighted by atomic mass is 9.94. The van der Waals surface area contributed by atoms with Crippen molar-refractivity contribution in [1.82, 2.24) is 5.16 Å². The van der Waals surface area contributed by atoms with Gasteiger partial charge in [-0.1, -0.05) is 35.5 Å². The molecule has 0 aliphatic heterocycles. The molecule has 1 atom stereocenters. The van der Waals surface area contributed by atoms with Gasteiger partial charge in [0.25, 0.3) is 0 Å². The highest BCUT2D eigenvalue weighted by atomic mass is 16.6. The first-order valence-corrected chi connectivity index (χ1v) is 5.88. The molecule has 1 N–H and O–H groups in total. The van der Waals surface area contributed by atoms with E-state index in [-0.39, 0.29) is 23.6 Å². The summed E-state index contributed by atoms with van der Waals surface area (Å²) in [7, 11) is 0. The maximum atomic E-state index is 11.4. The SMILES string of the molecule is Cc1noc(CC(C(=O)O)c2ccccc2)c1[N+](=O)[O-]. The van der Waals surface area contributed by atoms with Crippen LogP contribution in [-0.2, 0) is 11.2 Å². The largest absolute Gasteiger partial charge is 0.481 e. The van der Waals surface area contributed by atoms with Gasteiger partial charge in [0.2, 0.25) is 5.76 Å². The van der Waals surface area contributed by atoms with Crippen LogP contribution in [0.2, 0.25) is 0 Å². The maximum absolute atomic E-state index is 11.4. The van der Waals surface area contributed by atoms with Crippen LogP contribution in [0.4, 0.5) is 5.69 Å². The Hall–Kier alpha value is -2.70. The molecule has 7 nitrogen and oxygen atoms in total. The number of rotatable bonds is 5. The zero-order chi connectivity index (χ0) is 14.7. The summed E-state index contributed by atoms with van der Waals surface area (Å²) in [6.07, 6.45) is -0.115. The van der Waals surface area contributed by atoms with E-state index < -0.39 is 16.8 Å². The molecule has 0 saturated carbocycles. The van der Waals surface area contributed by atoms with Gasteiger partial charge in [-0.15, -0.1) is 0 Å². The second-order valence-corrected chi connectivity index (χ2v) is 4.30. The molecule has 2 aromatic rings. The van der Waals surface area contributed by atoms with Crippen LogP contribution in [0.15, 0.2) is 34.9 Å². The Morgan fingerprint density at radius 1 is 1.45 bits per heavy atom. The van der Waals surface area contributed by atoms with E-state index in [0.717, 1.165) is 0 Å². The number of aryl methyl sites for hydroxylation is 1. The van der Waals surface area contributed by atoms with Gasteiger partial charge in [-0.3, -0.25) is 14.9 Å². The summed E-state index contributed by atoms with van der Waals surface area (Å²) < 4.78 is 4.90. The van der Waals surface area contributed by atoms with Crippen LogP contribution in [0.5, 0.6) is 0 Å². The van der Waals surface area contributed by atoms with Gasteiger partial charge in [-0.2, -0.15) is 0 Å². The van der Waals surface area contributed by atoms with E-state index in [4.69, 9.17) is 4.52 Å². The van der Waals surface area contributed by atoms with Crippen LogP contribution in [0.25, 0.3) is 0 Å². The van der Waals surface area contributed by atoms with Crippen LogP contribution in [0, 0.1) is 17.0 Å². The van der Waals surface area contributed by atoms with Gasteiger partial charge in [-0.25, -0.2) is 0 Å². The fraction of sp³-hybridized carbons (Fsp3) is 0.231. The molecule has 0 fully saturated rings. The minimum absolute atomic E-state index is 0.0243. The number of nitro groups is 1. The molecule has 20 heavy (non-hydrogen) atoms. The summed E-state index contributed by atoms with van der Waals surface area (Å²) >= 11 is 0. The molecule has 0 bridgehead atoms. The Morgan fingerprint density at radius 3 is 2.65 bits per heavy atom. The number of benzene rings is 1. The van der Waals surface area contributed by atoms with Crippen molar-refractivity contribution in [3.05, 3.63) is 57.5 Å². The van der Waals surface area contributed by atoms with Gasteiger partial charge < -0.3 is 9.63 Å².